The Hall–Kier alpha value is -1.52. The van der Waals surface area contributed by atoms with Gasteiger partial charge in [-0.1, -0.05) is 6.07 Å². The number of nitrogens with one attached hydrogen (secondary N) is 2. The summed E-state index contributed by atoms with van der Waals surface area (Å²) in [5.41, 5.74) is 0.970. The van der Waals surface area contributed by atoms with Crippen LogP contribution in [0.1, 0.15) is 30.6 Å². The van der Waals surface area contributed by atoms with Crippen molar-refractivity contribution in [3.63, 3.8) is 0 Å². The predicted molar refractivity (Wildman–Crippen MR) is 142 cm³/mol. The van der Waals surface area contributed by atoms with Gasteiger partial charge in [0, 0.05) is 48.7 Å². The van der Waals surface area contributed by atoms with Crippen LogP contribution in [0, 0.1) is 5.92 Å². The fourth-order valence-electron chi connectivity index (χ4n) is 4.28. The molecule has 1 saturated heterocycles. The molecule has 0 spiro atoms. The van der Waals surface area contributed by atoms with E-state index in [1.807, 2.05) is 18.2 Å². The number of hydrogen-bond donors (Lipinski definition) is 2. The summed E-state index contributed by atoms with van der Waals surface area (Å²) in [7, 11) is 0. The lowest BCUT2D eigenvalue weighted by Gasteiger charge is -2.16. The van der Waals surface area contributed by atoms with Crippen LogP contribution in [0.2, 0.25) is 0 Å². The highest BCUT2D eigenvalue weighted by atomic mass is 127. The van der Waals surface area contributed by atoms with Crippen LogP contribution in [0.25, 0.3) is 0 Å². The first-order valence-corrected chi connectivity index (χ1v) is 12.4. The second kappa shape index (κ2) is 11.6. The third-order valence-electron chi connectivity index (χ3n) is 6.14. The normalized spacial score (nSPS) is 21.0. The topological polar surface area (TPSA) is 58.1 Å². The van der Waals surface area contributed by atoms with Crippen molar-refractivity contribution in [1.82, 2.24) is 10.2 Å². The predicted octanol–water partition coefficient (Wildman–Crippen LogP) is 4.61. The lowest BCUT2D eigenvalue weighted by Crippen LogP contribution is -2.33. The Bertz CT molecular complexity index is 888. The van der Waals surface area contributed by atoms with Crippen molar-refractivity contribution in [3.05, 3.63) is 40.6 Å². The maximum atomic E-state index is 5.85. The van der Waals surface area contributed by atoms with Crippen molar-refractivity contribution < 1.29 is 9.47 Å². The maximum Gasteiger partial charge on any atom is 0.195 e. The van der Waals surface area contributed by atoms with E-state index in [1.54, 1.807) is 11.3 Å². The number of rotatable bonds is 7. The maximum absolute atomic E-state index is 5.85. The van der Waals surface area contributed by atoms with Crippen molar-refractivity contribution >= 4 is 47.0 Å². The standard InChI is InChI=1S/C24H32N4O2S.HI/c1-3-21(31-14-1)8-10-25-24(26-16-18-9-11-28(17-18)20-5-6-20)27-19-4-7-22-23(15-19)30-13-2-12-29-22;/h1,3-4,7,14-15,18,20H,2,5-6,8-13,16-17H2,(H2,25,26,27);1H. The molecule has 3 heterocycles. The zero-order chi connectivity index (χ0) is 20.9. The van der Waals surface area contributed by atoms with Gasteiger partial charge in [0.2, 0.25) is 0 Å². The van der Waals surface area contributed by atoms with Gasteiger partial charge < -0.3 is 25.0 Å². The fraction of sp³-hybridized carbons (Fsp3) is 0.542. The fourth-order valence-corrected chi connectivity index (χ4v) is 4.99. The van der Waals surface area contributed by atoms with Crippen molar-refractivity contribution in [3.8, 4) is 11.5 Å². The van der Waals surface area contributed by atoms with Gasteiger partial charge in [-0.15, -0.1) is 35.3 Å². The molecule has 1 atom stereocenters. The van der Waals surface area contributed by atoms with Crippen molar-refractivity contribution in [2.45, 2.75) is 38.1 Å². The Morgan fingerprint density at radius 2 is 2.00 bits per heavy atom. The van der Waals surface area contributed by atoms with Crippen LogP contribution in [0.4, 0.5) is 5.69 Å². The van der Waals surface area contributed by atoms with E-state index in [4.69, 9.17) is 14.5 Å². The molecule has 32 heavy (non-hydrogen) atoms. The molecule has 1 saturated carbocycles. The SMILES string of the molecule is I.c1csc(CCNC(=NCC2CCN(C3CC3)C2)Nc2ccc3c(c2)OCCCO3)c1. The highest BCUT2D eigenvalue weighted by Gasteiger charge is 2.34. The molecule has 2 aromatic rings. The molecule has 0 radical (unpaired) electrons. The largest absolute Gasteiger partial charge is 0.490 e. The van der Waals surface area contributed by atoms with E-state index >= 15 is 0 Å². The Morgan fingerprint density at radius 3 is 2.81 bits per heavy atom. The Labute approximate surface area is 211 Å². The molecule has 1 aliphatic carbocycles. The van der Waals surface area contributed by atoms with Crippen molar-refractivity contribution in [2.75, 3.05) is 44.7 Å². The number of benzene rings is 1. The van der Waals surface area contributed by atoms with E-state index in [9.17, 15) is 0 Å². The molecule has 2 fully saturated rings. The molecule has 3 aliphatic rings. The number of nitrogens with zero attached hydrogens (tertiary/aromatic N) is 2. The minimum atomic E-state index is 0. The molecule has 5 rings (SSSR count). The number of likely N-dealkylation sites (tertiary alicyclic amines) is 1. The molecule has 2 aliphatic heterocycles. The van der Waals surface area contributed by atoms with E-state index in [2.05, 4.69) is 33.0 Å². The molecule has 0 bridgehead atoms. The summed E-state index contributed by atoms with van der Waals surface area (Å²) in [6, 6.07) is 11.2. The number of thiophene rings is 1. The van der Waals surface area contributed by atoms with Crippen molar-refractivity contribution in [2.24, 2.45) is 10.9 Å². The number of halogens is 1. The van der Waals surface area contributed by atoms with Gasteiger partial charge in [0.05, 0.1) is 13.2 Å². The number of aliphatic imine (C=N–C) groups is 1. The molecule has 0 amide bonds. The number of hydrogen-bond acceptors (Lipinski definition) is 5. The third kappa shape index (κ3) is 6.51. The monoisotopic (exact) mass is 568 g/mol. The van der Waals surface area contributed by atoms with Gasteiger partial charge in [0.25, 0.3) is 0 Å². The highest BCUT2D eigenvalue weighted by Crippen LogP contribution is 2.33. The average Bonchev–Trinajstić information content (AvgIpc) is 3.38. The molecule has 2 N–H and O–H groups in total. The summed E-state index contributed by atoms with van der Waals surface area (Å²) in [5, 5.41) is 9.15. The zero-order valence-electron chi connectivity index (χ0n) is 18.4. The van der Waals surface area contributed by atoms with Gasteiger partial charge in [0.1, 0.15) is 0 Å². The van der Waals surface area contributed by atoms with Crippen LogP contribution in [0.5, 0.6) is 11.5 Å². The molecule has 6 nitrogen and oxygen atoms in total. The van der Waals surface area contributed by atoms with E-state index in [0.29, 0.717) is 19.1 Å². The quantitative estimate of drug-likeness (QED) is 0.290. The molecule has 174 valence electrons. The Balaban J connectivity index is 0.00000245. The van der Waals surface area contributed by atoms with Crippen LogP contribution < -0.4 is 20.1 Å². The van der Waals surface area contributed by atoms with Gasteiger partial charge in [-0.05, 0) is 61.7 Å². The second-order valence-electron chi connectivity index (χ2n) is 8.66. The van der Waals surface area contributed by atoms with Gasteiger partial charge in [-0.25, -0.2) is 0 Å². The highest BCUT2D eigenvalue weighted by molar-refractivity contribution is 14.0. The summed E-state index contributed by atoms with van der Waals surface area (Å²) in [5.74, 6) is 3.12. The van der Waals surface area contributed by atoms with E-state index in [-0.39, 0.29) is 24.0 Å². The lowest BCUT2D eigenvalue weighted by molar-refractivity contribution is 0.297. The third-order valence-corrected chi connectivity index (χ3v) is 7.08. The number of guanidine groups is 1. The molecular formula is C24H33IN4O2S. The number of anilines is 1. The minimum absolute atomic E-state index is 0. The zero-order valence-corrected chi connectivity index (χ0v) is 21.6. The Kier molecular flexibility index (Phi) is 8.54. The molecule has 1 unspecified atom stereocenters. The van der Waals surface area contributed by atoms with E-state index in [0.717, 1.165) is 55.1 Å². The Morgan fingerprint density at radius 1 is 1.12 bits per heavy atom. The van der Waals surface area contributed by atoms with E-state index < -0.39 is 0 Å². The molecule has 1 aromatic heterocycles. The van der Waals surface area contributed by atoms with Crippen LogP contribution >= 0.6 is 35.3 Å². The van der Waals surface area contributed by atoms with Crippen molar-refractivity contribution in [1.29, 1.82) is 0 Å². The summed E-state index contributed by atoms with van der Waals surface area (Å²) in [4.78, 5) is 9.01. The van der Waals surface area contributed by atoms with Crippen LogP contribution in [0.15, 0.2) is 40.7 Å². The van der Waals surface area contributed by atoms with Crippen LogP contribution in [-0.4, -0.2) is 56.3 Å². The first-order chi connectivity index (χ1) is 15.3. The molecular weight excluding hydrogens is 535 g/mol. The molecule has 8 heteroatoms. The number of fused-ring (bicyclic) bond motifs is 1. The first kappa shape index (κ1) is 23.6. The summed E-state index contributed by atoms with van der Waals surface area (Å²) < 4.78 is 11.6. The molecule has 1 aromatic carbocycles. The summed E-state index contributed by atoms with van der Waals surface area (Å²) in [6.07, 6.45) is 5.94. The van der Waals surface area contributed by atoms with Gasteiger partial charge in [-0.3, -0.25) is 4.99 Å². The summed E-state index contributed by atoms with van der Waals surface area (Å²) >= 11 is 1.80. The minimum Gasteiger partial charge on any atom is -0.490 e. The second-order valence-corrected chi connectivity index (χ2v) is 9.70. The van der Waals surface area contributed by atoms with Crippen LogP contribution in [-0.2, 0) is 6.42 Å². The smallest absolute Gasteiger partial charge is 0.195 e. The van der Waals surface area contributed by atoms with Gasteiger partial charge in [-0.2, -0.15) is 0 Å². The van der Waals surface area contributed by atoms with Crippen LogP contribution in [0.3, 0.4) is 0 Å². The van der Waals surface area contributed by atoms with Gasteiger partial charge in [0.15, 0.2) is 17.5 Å². The summed E-state index contributed by atoms with van der Waals surface area (Å²) in [6.45, 7) is 5.55. The lowest BCUT2D eigenvalue weighted by atomic mass is 10.1. The van der Waals surface area contributed by atoms with E-state index in [1.165, 1.54) is 37.2 Å². The average molecular weight is 569 g/mol. The first-order valence-electron chi connectivity index (χ1n) is 11.5. The van der Waals surface area contributed by atoms with Gasteiger partial charge >= 0.3 is 0 Å². The number of ether oxygens (including phenoxy) is 2.